The molecule has 20 heavy (non-hydrogen) atoms. The lowest BCUT2D eigenvalue weighted by Gasteiger charge is -2.26. The molecule has 6 nitrogen and oxygen atoms in total. The molecule has 116 valence electrons. The summed E-state index contributed by atoms with van der Waals surface area (Å²) in [5, 5.41) is 2.09. The number of ether oxygens (including phenoxy) is 1. The second-order valence-electron chi connectivity index (χ2n) is 4.32. The number of hydrogen-bond acceptors (Lipinski definition) is 5. The number of carbonyl (C=O) groups is 2. The van der Waals surface area contributed by atoms with Crippen LogP contribution in [0, 0.1) is 0 Å². The lowest BCUT2D eigenvalue weighted by Crippen LogP contribution is -2.43. The van der Waals surface area contributed by atoms with Crippen molar-refractivity contribution in [3.05, 3.63) is 0 Å². The van der Waals surface area contributed by atoms with Crippen LogP contribution < -0.4 is 11.1 Å². The average Bonchev–Trinajstić information content (AvgIpc) is 2.46. The molecule has 0 aromatic carbocycles. The maximum absolute atomic E-state index is 12.8. The number of hydrogen-bond donors (Lipinski definition) is 2. The Bertz CT molecular complexity index is 339. The van der Waals surface area contributed by atoms with Gasteiger partial charge in [-0.05, 0) is 0 Å². The maximum Gasteiger partial charge on any atom is 0.277 e. The topological polar surface area (TPSA) is 84.7 Å². The van der Waals surface area contributed by atoms with E-state index in [9.17, 15) is 18.4 Å². The van der Waals surface area contributed by atoms with E-state index in [1.54, 1.807) is 4.90 Å². The van der Waals surface area contributed by atoms with Crippen molar-refractivity contribution in [1.82, 2.24) is 10.2 Å². The second-order valence-corrected chi connectivity index (χ2v) is 5.31. The van der Waals surface area contributed by atoms with Gasteiger partial charge >= 0.3 is 0 Å². The number of nitrogens with zero attached hydrogens (tertiary/aromatic N) is 1. The number of halogens is 2. The van der Waals surface area contributed by atoms with Crippen molar-refractivity contribution in [2.75, 3.05) is 50.9 Å². The van der Waals surface area contributed by atoms with Gasteiger partial charge in [-0.2, -0.15) is 0 Å². The fraction of sp³-hybridized carbons (Fsp3) is 0.818. The summed E-state index contributed by atoms with van der Waals surface area (Å²) in [6, 6.07) is 0. The van der Waals surface area contributed by atoms with Crippen LogP contribution in [0.15, 0.2) is 0 Å². The van der Waals surface area contributed by atoms with Crippen LogP contribution in [-0.4, -0.2) is 73.5 Å². The van der Waals surface area contributed by atoms with Crippen molar-refractivity contribution < 1.29 is 23.1 Å². The molecule has 0 atom stereocenters. The molecule has 0 saturated carbocycles. The number of morpholine rings is 1. The Labute approximate surface area is 120 Å². The molecule has 1 heterocycles. The van der Waals surface area contributed by atoms with Crippen molar-refractivity contribution in [2.24, 2.45) is 5.73 Å². The first kappa shape index (κ1) is 17.1. The first-order valence-corrected chi connectivity index (χ1v) is 7.38. The summed E-state index contributed by atoms with van der Waals surface area (Å²) in [6.45, 7) is 0.551. The van der Waals surface area contributed by atoms with Crippen molar-refractivity contribution >= 4 is 23.6 Å². The van der Waals surface area contributed by atoms with Gasteiger partial charge in [0.1, 0.15) is 0 Å². The zero-order chi connectivity index (χ0) is 15.0. The molecule has 0 bridgehead atoms. The van der Waals surface area contributed by atoms with E-state index in [-0.39, 0.29) is 17.4 Å². The third kappa shape index (κ3) is 6.49. The zero-order valence-corrected chi connectivity index (χ0v) is 11.9. The van der Waals surface area contributed by atoms with E-state index < -0.39 is 24.9 Å². The van der Waals surface area contributed by atoms with E-state index in [4.69, 9.17) is 10.5 Å². The number of carbonyl (C=O) groups excluding carboxylic acids is 2. The molecular formula is C11H19F2N3O3S. The van der Waals surface area contributed by atoms with Crippen LogP contribution in [0.5, 0.6) is 0 Å². The Morgan fingerprint density at radius 3 is 2.55 bits per heavy atom. The minimum absolute atomic E-state index is 0.0310. The molecule has 1 aliphatic heterocycles. The molecule has 1 fully saturated rings. The highest BCUT2D eigenvalue weighted by Crippen LogP contribution is 2.09. The smallest absolute Gasteiger partial charge is 0.277 e. The Morgan fingerprint density at radius 2 is 1.95 bits per heavy atom. The van der Waals surface area contributed by atoms with E-state index in [1.807, 2.05) is 0 Å². The van der Waals surface area contributed by atoms with Crippen LogP contribution in [0.4, 0.5) is 8.78 Å². The van der Waals surface area contributed by atoms with Gasteiger partial charge in [-0.3, -0.25) is 9.59 Å². The molecule has 0 aromatic heterocycles. The summed E-state index contributed by atoms with van der Waals surface area (Å²) >= 11 is 1.10. The number of thioether (sulfide) groups is 1. The predicted molar refractivity (Wildman–Crippen MR) is 71.7 cm³/mol. The molecule has 0 radical (unpaired) electrons. The quantitative estimate of drug-likeness (QED) is 0.649. The Balaban J connectivity index is 2.13. The van der Waals surface area contributed by atoms with Gasteiger partial charge in [-0.25, -0.2) is 8.78 Å². The van der Waals surface area contributed by atoms with E-state index in [0.717, 1.165) is 11.8 Å². The summed E-state index contributed by atoms with van der Waals surface area (Å²) in [5.41, 5.74) is 4.85. The SMILES string of the molecule is NCC(F)(F)CNC(=O)CSCC(=O)N1CCOCC1. The number of rotatable bonds is 7. The molecule has 3 N–H and O–H groups in total. The van der Waals surface area contributed by atoms with Gasteiger partial charge in [0.25, 0.3) is 5.92 Å². The van der Waals surface area contributed by atoms with E-state index in [2.05, 4.69) is 5.32 Å². The molecule has 0 aromatic rings. The third-order valence-electron chi connectivity index (χ3n) is 2.67. The highest BCUT2D eigenvalue weighted by atomic mass is 32.2. The van der Waals surface area contributed by atoms with Crippen molar-refractivity contribution in [1.29, 1.82) is 0 Å². The second kappa shape index (κ2) is 8.38. The van der Waals surface area contributed by atoms with E-state index in [0.29, 0.717) is 26.3 Å². The normalized spacial score (nSPS) is 16.1. The predicted octanol–water partition coefficient (Wildman–Crippen LogP) is -0.711. The van der Waals surface area contributed by atoms with E-state index in [1.165, 1.54) is 0 Å². The third-order valence-corrected chi connectivity index (χ3v) is 3.58. The van der Waals surface area contributed by atoms with Gasteiger partial charge in [0.05, 0.1) is 37.8 Å². The highest BCUT2D eigenvalue weighted by molar-refractivity contribution is 8.00. The average molecular weight is 311 g/mol. The number of amides is 2. The molecule has 0 aliphatic carbocycles. The lowest BCUT2D eigenvalue weighted by molar-refractivity contribution is -0.132. The number of alkyl halides is 2. The van der Waals surface area contributed by atoms with Crippen LogP contribution in [0.2, 0.25) is 0 Å². The van der Waals surface area contributed by atoms with Crippen LogP contribution in [0.25, 0.3) is 0 Å². The van der Waals surface area contributed by atoms with Gasteiger partial charge in [-0.1, -0.05) is 0 Å². The maximum atomic E-state index is 12.8. The fourth-order valence-corrected chi connectivity index (χ4v) is 2.23. The Kier molecular flexibility index (Phi) is 7.17. The number of nitrogens with one attached hydrogen (secondary N) is 1. The summed E-state index contributed by atoms with van der Waals surface area (Å²) < 4.78 is 30.7. The van der Waals surface area contributed by atoms with Gasteiger partial charge in [0.15, 0.2) is 0 Å². The van der Waals surface area contributed by atoms with Crippen LogP contribution in [0.1, 0.15) is 0 Å². The van der Waals surface area contributed by atoms with Gasteiger partial charge in [0.2, 0.25) is 11.8 Å². The van der Waals surface area contributed by atoms with Crippen LogP contribution in [0.3, 0.4) is 0 Å². The Morgan fingerprint density at radius 1 is 1.30 bits per heavy atom. The molecule has 1 rings (SSSR count). The molecule has 1 saturated heterocycles. The zero-order valence-electron chi connectivity index (χ0n) is 11.1. The molecular weight excluding hydrogens is 292 g/mol. The first-order valence-electron chi connectivity index (χ1n) is 6.22. The van der Waals surface area contributed by atoms with Gasteiger partial charge < -0.3 is 20.7 Å². The Hall–Kier alpha value is -0.930. The fourth-order valence-electron chi connectivity index (χ4n) is 1.49. The summed E-state index contributed by atoms with van der Waals surface area (Å²) in [6.07, 6.45) is 0. The van der Waals surface area contributed by atoms with Crippen molar-refractivity contribution in [3.8, 4) is 0 Å². The van der Waals surface area contributed by atoms with Gasteiger partial charge in [-0.15, -0.1) is 11.8 Å². The van der Waals surface area contributed by atoms with Crippen molar-refractivity contribution in [2.45, 2.75) is 5.92 Å². The monoisotopic (exact) mass is 311 g/mol. The molecule has 0 spiro atoms. The lowest BCUT2D eigenvalue weighted by atomic mass is 10.3. The largest absolute Gasteiger partial charge is 0.378 e. The van der Waals surface area contributed by atoms with Gasteiger partial charge in [0, 0.05) is 13.1 Å². The van der Waals surface area contributed by atoms with Crippen LogP contribution >= 0.6 is 11.8 Å². The molecule has 2 amide bonds. The molecule has 1 aliphatic rings. The molecule has 9 heteroatoms. The van der Waals surface area contributed by atoms with Crippen molar-refractivity contribution in [3.63, 3.8) is 0 Å². The minimum atomic E-state index is -3.09. The first-order chi connectivity index (χ1) is 9.44. The summed E-state index contributed by atoms with van der Waals surface area (Å²) in [5.74, 6) is -3.57. The summed E-state index contributed by atoms with van der Waals surface area (Å²) in [7, 11) is 0. The minimum Gasteiger partial charge on any atom is -0.378 e. The highest BCUT2D eigenvalue weighted by Gasteiger charge is 2.27. The van der Waals surface area contributed by atoms with Crippen LogP contribution in [-0.2, 0) is 14.3 Å². The summed E-state index contributed by atoms with van der Waals surface area (Å²) in [4.78, 5) is 24.7. The molecule has 0 unspecified atom stereocenters. The number of nitrogens with two attached hydrogens (primary N) is 1. The van der Waals surface area contributed by atoms with E-state index >= 15 is 0 Å². The standard InChI is InChI=1S/C11H19F2N3O3S/c12-11(13,7-14)8-15-9(17)5-20-6-10(18)16-1-3-19-4-2-16/h1-8,14H2,(H,15,17).